The van der Waals surface area contributed by atoms with Gasteiger partial charge in [0.15, 0.2) is 0 Å². The van der Waals surface area contributed by atoms with E-state index in [0.717, 1.165) is 25.2 Å². The highest BCUT2D eigenvalue weighted by Crippen LogP contribution is 2.31. The first-order valence-corrected chi connectivity index (χ1v) is 8.98. The van der Waals surface area contributed by atoms with Gasteiger partial charge in [-0.1, -0.05) is 12.1 Å². The van der Waals surface area contributed by atoms with Gasteiger partial charge >= 0.3 is 6.18 Å². The number of rotatable bonds is 4. The van der Waals surface area contributed by atoms with E-state index in [0.29, 0.717) is 11.9 Å². The molecule has 0 spiro atoms. The molecule has 1 N–H and O–H groups in total. The lowest BCUT2D eigenvalue weighted by Crippen LogP contribution is -2.23. The lowest BCUT2D eigenvalue weighted by molar-refractivity contribution is -0.144. The van der Waals surface area contributed by atoms with Gasteiger partial charge in [-0.15, -0.1) is 0 Å². The maximum absolute atomic E-state index is 13.1. The van der Waals surface area contributed by atoms with Crippen LogP contribution in [0.4, 0.5) is 29.1 Å². The molecule has 8 heteroatoms. The zero-order chi connectivity index (χ0) is 19.7. The normalized spacial score (nSPS) is 17.3. The number of nitrogens with zero attached hydrogens (tertiary/aromatic N) is 3. The number of hydrogen-bond acceptors (Lipinski definition) is 4. The number of nitrogens with one attached hydrogen (secondary N) is 1. The van der Waals surface area contributed by atoms with Crippen molar-refractivity contribution in [1.29, 1.82) is 0 Å². The lowest BCUT2D eigenvalue weighted by atomic mass is 10.1. The summed E-state index contributed by atoms with van der Waals surface area (Å²) in [6, 6.07) is 13.0. The summed E-state index contributed by atoms with van der Waals surface area (Å²) in [6.07, 6.45) is -3.72. The molecular weight excluding hydrogens is 372 g/mol. The number of fused-ring (bicyclic) bond motifs is 1. The van der Waals surface area contributed by atoms with Crippen molar-refractivity contribution < 1.29 is 17.6 Å². The summed E-state index contributed by atoms with van der Waals surface area (Å²) < 4.78 is 52.4. The van der Waals surface area contributed by atoms with E-state index in [1.54, 1.807) is 36.4 Å². The molecule has 0 aliphatic carbocycles. The summed E-state index contributed by atoms with van der Waals surface area (Å²) in [6.45, 7) is 2.06. The van der Waals surface area contributed by atoms with Crippen LogP contribution in [0.1, 0.15) is 12.2 Å². The molecule has 0 amide bonds. The van der Waals surface area contributed by atoms with Crippen molar-refractivity contribution >= 4 is 22.4 Å². The van der Waals surface area contributed by atoms with Crippen molar-refractivity contribution in [3.05, 3.63) is 60.2 Å². The highest BCUT2D eigenvalue weighted by molar-refractivity contribution is 5.89. The SMILES string of the molecule is Fc1ccc(N2CC[C@H](CNc3nc(C(F)(F)F)nc4ccccc34)C2)cc1. The molecule has 0 bridgehead atoms. The second-order valence-electron chi connectivity index (χ2n) is 6.87. The molecule has 28 heavy (non-hydrogen) atoms. The Morgan fingerprint density at radius 1 is 1.04 bits per heavy atom. The molecule has 146 valence electrons. The van der Waals surface area contributed by atoms with Crippen molar-refractivity contribution in [1.82, 2.24) is 9.97 Å². The topological polar surface area (TPSA) is 41.0 Å². The van der Waals surface area contributed by atoms with Gasteiger partial charge in [0.1, 0.15) is 11.6 Å². The van der Waals surface area contributed by atoms with Crippen LogP contribution in [0.2, 0.25) is 0 Å². The molecule has 1 fully saturated rings. The highest BCUT2D eigenvalue weighted by atomic mass is 19.4. The van der Waals surface area contributed by atoms with Gasteiger partial charge in [0, 0.05) is 30.7 Å². The van der Waals surface area contributed by atoms with E-state index < -0.39 is 12.0 Å². The third-order valence-electron chi connectivity index (χ3n) is 4.89. The van der Waals surface area contributed by atoms with E-state index in [4.69, 9.17) is 0 Å². The predicted octanol–water partition coefficient (Wildman–Crippen LogP) is 4.73. The largest absolute Gasteiger partial charge is 0.451 e. The zero-order valence-corrected chi connectivity index (χ0v) is 14.9. The van der Waals surface area contributed by atoms with Crippen LogP contribution in [0.15, 0.2) is 48.5 Å². The fourth-order valence-electron chi connectivity index (χ4n) is 3.46. The maximum atomic E-state index is 13.1. The number of para-hydroxylation sites is 1. The number of anilines is 2. The number of alkyl halides is 3. The Hall–Kier alpha value is -2.90. The zero-order valence-electron chi connectivity index (χ0n) is 14.9. The Balaban J connectivity index is 1.49. The van der Waals surface area contributed by atoms with Crippen LogP contribution in [-0.2, 0) is 6.18 Å². The maximum Gasteiger partial charge on any atom is 0.451 e. The molecule has 1 aromatic heterocycles. The quantitative estimate of drug-likeness (QED) is 0.654. The summed E-state index contributed by atoms with van der Waals surface area (Å²) in [5.41, 5.74) is 1.20. The van der Waals surface area contributed by atoms with Crippen LogP contribution < -0.4 is 10.2 Å². The Morgan fingerprint density at radius 2 is 1.79 bits per heavy atom. The minimum absolute atomic E-state index is 0.193. The van der Waals surface area contributed by atoms with Crippen molar-refractivity contribution in [3.63, 3.8) is 0 Å². The number of aromatic nitrogens is 2. The molecule has 0 unspecified atom stereocenters. The minimum Gasteiger partial charge on any atom is -0.371 e. The van der Waals surface area contributed by atoms with Gasteiger partial charge in [0.05, 0.1) is 5.52 Å². The second-order valence-corrected chi connectivity index (χ2v) is 6.87. The van der Waals surface area contributed by atoms with Crippen LogP contribution in [0.5, 0.6) is 0 Å². The Kier molecular flexibility index (Phi) is 4.78. The van der Waals surface area contributed by atoms with Gasteiger partial charge in [0.2, 0.25) is 5.82 Å². The molecule has 4 rings (SSSR count). The minimum atomic E-state index is -4.60. The van der Waals surface area contributed by atoms with Crippen LogP contribution in [-0.4, -0.2) is 29.6 Å². The fraction of sp³-hybridized carbons (Fsp3) is 0.300. The highest BCUT2D eigenvalue weighted by Gasteiger charge is 2.35. The first-order valence-electron chi connectivity index (χ1n) is 8.98. The Labute approximate surface area is 159 Å². The average Bonchev–Trinajstić information content (AvgIpc) is 3.15. The fourth-order valence-corrected chi connectivity index (χ4v) is 3.46. The molecule has 2 heterocycles. The standard InChI is InChI=1S/C20H18F4N4/c21-14-5-7-15(8-6-14)28-10-9-13(12-28)11-25-18-16-3-1-2-4-17(16)26-19(27-18)20(22,23)24/h1-8,13H,9-12H2,(H,25,26,27)/t13-/m1/s1. The monoisotopic (exact) mass is 390 g/mol. The van der Waals surface area contributed by atoms with Crippen LogP contribution in [0, 0.1) is 11.7 Å². The smallest absolute Gasteiger partial charge is 0.371 e. The van der Waals surface area contributed by atoms with Gasteiger partial charge in [-0.3, -0.25) is 0 Å². The summed E-state index contributed by atoms with van der Waals surface area (Å²) in [5.74, 6) is -0.989. The van der Waals surface area contributed by atoms with Crippen LogP contribution >= 0.6 is 0 Å². The van der Waals surface area contributed by atoms with Crippen molar-refractivity contribution in [2.24, 2.45) is 5.92 Å². The van der Waals surface area contributed by atoms with Gasteiger partial charge in [-0.05, 0) is 48.7 Å². The molecule has 1 aliphatic heterocycles. The van der Waals surface area contributed by atoms with E-state index in [9.17, 15) is 17.6 Å². The van der Waals surface area contributed by atoms with Crippen molar-refractivity contribution in [2.45, 2.75) is 12.6 Å². The third-order valence-corrected chi connectivity index (χ3v) is 4.89. The molecule has 1 atom stereocenters. The first-order chi connectivity index (χ1) is 13.4. The van der Waals surface area contributed by atoms with Gasteiger partial charge in [-0.25, -0.2) is 14.4 Å². The number of benzene rings is 2. The Bertz CT molecular complexity index is 972. The molecular formula is C20H18F4N4. The van der Waals surface area contributed by atoms with E-state index in [-0.39, 0.29) is 23.1 Å². The molecule has 0 radical (unpaired) electrons. The Morgan fingerprint density at radius 3 is 2.54 bits per heavy atom. The average molecular weight is 390 g/mol. The van der Waals surface area contributed by atoms with Gasteiger partial charge < -0.3 is 10.2 Å². The molecule has 2 aromatic carbocycles. The van der Waals surface area contributed by atoms with E-state index in [2.05, 4.69) is 20.2 Å². The lowest BCUT2D eigenvalue weighted by Gasteiger charge is -2.19. The molecule has 3 aromatic rings. The first kappa shape index (κ1) is 18.5. The third kappa shape index (κ3) is 3.85. The van der Waals surface area contributed by atoms with E-state index in [1.165, 1.54) is 12.1 Å². The summed E-state index contributed by atoms with van der Waals surface area (Å²) >= 11 is 0. The number of halogens is 4. The van der Waals surface area contributed by atoms with Gasteiger partial charge in [-0.2, -0.15) is 13.2 Å². The molecule has 4 nitrogen and oxygen atoms in total. The summed E-state index contributed by atoms with van der Waals surface area (Å²) in [4.78, 5) is 9.49. The van der Waals surface area contributed by atoms with Gasteiger partial charge in [0.25, 0.3) is 0 Å². The van der Waals surface area contributed by atoms with Crippen LogP contribution in [0.25, 0.3) is 10.9 Å². The summed E-state index contributed by atoms with van der Waals surface area (Å²) in [5, 5.41) is 3.64. The molecule has 1 aliphatic rings. The summed E-state index contributed by atoms with van der Waals surface area (Å²) in [7, 11) is 0. The predicted molar refractivity (Wildman–Crippen MR) is 99.7 cm³/mol. The van der Waals surface area contributed by atoms with Crippen molar-refractivity contribution in [3.8, 4) is 0 Å². The second kappa shape index (κ2) is 7.26. The van der Waals surface area contributed by atoms with E-state index in [1.807, 2.05) is 0 Å². The van der Waals surface area contributed by atoms with E-state index >= 15 is 0 Å². The molecule has 0 saturated carbocycles. The number of hydrogen-bond donors (Lipinski definition) is 1. The van der Waals surface area contributed by atoms with Crippen molar-refractivity contribution in [2.75, 3.05) is 29.9 Å². The van der Waals surface area contributed by atoms with Crippen LogP contribution in [0.3, 0.4) is 0 Å². The molecule has 1 saturated heterocycles.